The molecule has 16 heavy (non-hydrogen) atoms. The summed E-state index contributed by atoms with van der Waals surface area (Å²) in [5.74, 6) is 0.864. The summed E-state index contributed by atoms with van der Waals surface area (Å²) >= 11 is 0. The zero-order valence-corrected chi connectivity index (χ0v) is 9.51. The van der Waals surface area contributed by atoms with Crippen LogP contribution in [0.2, 0.25) is 0 Å². The highest BCUT2D eigenvalue weighted by Crippen LogP contribution is 2.20. The molecule has 0 saturated carbocycles. The molecule has 0 fully saturated rings. The van der Waals surface area contributed by atoms with Gasteiger partial charge in [-0.25, -0.2) is 15.0 Å². The minimum absolute atomic E-state index is 0.339. The number of nitrogens with two attached hydrogens (primary N) is 1. The van der Waals surface area contributed by atoms with Crippen LogP contribution in [0.5, 0.6) is 0 Å². The number of aromatic nitrogens is 4. The van der Waals surface area contributed by atoms with Crippen LogP contribution in [0.4, 0.5) is 5.82 Å². The van der Waals surface area contributed by atoms with E-state index in [1.807, 2.05) is 7.05 Å². The first-order chi connectivity index (χ1) is 7.74. The largest absolute Gasteiger partial charge is 0.355 e. The van der Waals surface area contributed by atoms with Crippen LogP contribution in [0.3, 0.4) is 0 Å². The van der Waals surface area contributed by atoms with E-state index >= 15 is 0 Å². The molecule has 0 aliphatic rings. The summed E-state index contributed by atoms with van der Waals surface area (Å²) < 4.78 is 0. The molecule has 0 saturated heterocycles. The van der Waals surface area contributed by atoms with Crippen molar-refractivity contribution in [1.29, 1.82) is 0 Å². The van der Waals surface area contributed by atoms with Crippen molar-refractivity contribution in [3.05, 3.63) is 12.7 Å². The van der Waals surface area contributed by atoms with E-state index in [9.17, 15) is 0 Å². The maximum absolute atomic E-state index is 5.56. The standard InChI is InChI=1S/C10H16N6/c1-7(3-4-11)16(2)10-8-9(13-5-12-8)14-6-15-10/h5-7H,3-4,11H2,1-2H3,(H,12,13,14,15). The van der Waals surface area contributed by atoms with Crippen LogP contribution in [0.15, 0.2) is 12.7 Å². The molecule has 0 spiro atoms. The van der Waals surface area contributed by atoms with Gasteiger partial charge in [0.1, 0.15) is 11.8 Å². The summed E-state index contributed by atoms with van der Waals surface area (Å²) in [5, 5.41) is 0. The minimum atomic E-state index is 0.339. The van der Waals surface area contributed by atoms with Crippen molar-refractivity contribution in [3.63, 3.8) is 0 Å². The summed E-state index contributed by atoms with van der Waals surface area (Å²) in [6, 6.07) is 0.339. The fraction of sp³-hybridized carbons (Fsp3) is 0.500. The van der Waals surface area contributed by atoms with E-state index in [-0.39, 0.29) is 0 Å². The second-order valence-electron chi connectivity index (χ2n) is 3.84. The van der Waals surface area contributed by atoms with E-state index < -0.39 is 0 Å². The van der Waals surface area contributed by atoms with Crippen molar-refractivity contribution >= 4 is 17.0 Å². The number of fused-ring (bicyclic) bond motifs is 1. The Balaban J connectivity index is 2.35. The SMILES string of the molecule is CC(CCN)N(C)c1ncnc2nc[nH]c12. The predicted molar refractivity (Wildman–Crippen MR) is 63.2 cm³/mol. The van der Waals surface area contributed by atoms with Gasteiger partial charge in [-0.1, -0.05) is 0 Å². The number of hydrogen-bond acceptors (Lipinski definition) is 5. The van der Waals surface area contributed by atoms with Crippen molar-refractivity contribution in [2.24, 2.45) is 5.73 Å². The molecule has 2 rings (SSSR count). The van der Waals surface area contributed by atoms with E-state index in [2.05, 4.69) is 31.8 Å². The highest BCUT2D eigenvalue weighted by molar-refractivity contribution is 5.82. The van der Waals surface area contributed by atoms with Gasteiger partial charge in [0.25, 0.3) is 0 Å². The van der Waals surface area contributed by atoms with E-state index in [0.717, 1.165) is 17.8 Å². The molecule has 6 heteroatoms. The molecule has 1 atom stereocenters. The Hall–Kier alpha value is -1.69. The molecule has 3 N–H and O–H groups in total. The van der Waals surface area contributed by atoms with Gasteiger partial charge in [-0.05, 0) is 19.9 Å². The molecule has 6 nitrogen and oxygen atoms in total. The molecule has 86 valence electrons. The normalized spacial score (nSPS) is 12.9. The lowest BCUT2D eigenvalue weighted by Crippen LogP contribution is -2.31. The minimum Gasteiger partial charge on any atom is -0.355 e. The van der Waals surface area contributed by atoms with Gasteiger partial charge in [0.15, 0.2) is 11.5 Å². The first-order valence-corrected chi connectivity index (χ1v) is 5.31. The quantitative estimate of drug-likeness (QED) is 0.785. The van der Waals surface area contributed by atoms with Crippen molar-refractivity contribution < 1.29 is 0 Å². The van der Waals surface area contributed by atoms with Crippen LogP contribution in [-0.4, -0.2) is 39.6 Å². The molecule has 0 radical (unpaired) electrons. The molecule has 0 aromatic carbocycles. The van der Waals surface area contributed by atoms with Crippen LogP contribution in [0.1, 0.15) is 13.3 Å². The van der Waals surface area contributed by atoms with Gasteiger partial charge in [-0.3, -0.25) is 0 Å². The number of aromatic amines is 1. The maximum Gasteiger partial charge on any atom is 0.182 e. The number of anilines is 1. The number of imidazole rings is 1. The summed E-state index contributed by atoms with van der Waals surface area (Å²) in [4.78, 5) is 17.6. The van der Waals surface area contributed by atoms with Crippen LogP contribution < -0.4 is 10.6 Å². The van der Waals surface area contributed by atoms with Crippen LogP contribution in [-0.2, 0) is 0 Å². The highest BCUT2D eigenvalue weighted by atomic mass is 15.2. The van der Waals surface area contributed by atoms with E-state index in [1.54, 1.807) is 6.33 Å². The molecule has 1 unspecified atom stereocenters. The fourth-order valence-corrected chi connectivity index (χ4v) is 1.66. The zero-order chi connectivity index (χ0) is 11.5. The molecular formula is C10H16N6. The van der Waals surface area contributed by atoms with E-state index in [1.165, 1.54) is 6.33 Å². The first-order valence-electron chi connectivity index (χ1n) is 5.31. The first kappa shape index (κ1) is 10.8. The number of hydrogen-bond donors (Lipinski definition) is 2. The van der Waals surface area contributed by atoms with Gasteiger partial charge < -0.3 is 15.6 Å². The molecule has 0 amide bonds. The Bertz CT molecular complexity index is 465. The molecular weight excluding hydrogens is 204 g/mol. The second kappa shape index (κ2) is 4.44. The Morgan fingerprint density at radius 3 is 3.00 bits per heavy atom. The van der Waals surface area contributed by atoms with Gasteiger partial charge >= 0.3 is 0 Å². The van der Waals surface area contributed by atoms with Gasteiger partial charge in [-0.2, -0.15) is 0 Å². The molecule has 0 aliphatic carbocycles. The summed E-state index contributed by atoms with van der Waals surface area (Å²) in [6.07, 6.45) is 4.09. The molecule has 0 aliphatic heterocycles. The number of H-pyrrole nitrogens is 1. The third-order valence-electron chi connectivity index (χ3n) is 2.78. The van der Waals surface area contributed by atoms with Crippen molar-refractivity contribution in [1.82, 2.24) is 19.9 Å². The third kappa shape index (κ3) is 1.83. The number of rotatable bonds is 4. The molecule has 2 heterocycles. The molecule has 0 bridgehead atoms. The van der Waals surface area contributed by atoms with Crippen molar-refractivity contribution in [3.8, 4) is 0 Å². The van der Waals surface area contributed by atoms with E-state index in [4.69, 9.17) is 5.73 Å². The number of nitrogens with zero attached hydrogens (tertiary/aromatic N) is 4. The van der Waals surface area contributed by atoms with Crippen LogP contribution in [0.25, 0.3) is 11.2 Å². The Morgan fingerprint density at radius 2 is 2.25 bits per heavy atom. The lowest BCUT2D eigenvalue weighted by Gasteiger charge is -2.25. The second-order valence-corrected chi connectivity index (χ2v) is 3.84. The molecule has 2 aromatic heterocycles. The smallest absolute Gasteiger partial charge is 0.182 e. The third-order valence-corrected chi connectivity index (χ3v) is 2.78. The van der Waals surface area contributed by atoms with Crippen LogP contribution >= 0.6 is 0 Å². The monoisotopic (exact) mass is 220 g/mol. The van der Waals surface area contributed by atoms with Crippen molar-refractivity contribution in [2.45, 2.75) is 19.4 Å². The van der Waals surface area contributed by atoms with Gasteiger partial charge in [0, 0.05) is 13.1 Å². The van der Waals surface area contributed by atoms with E-state index in [0.29, 0.717) is 18.2 Å². The maximum atomic E-state index is 5.56. The van der Waals surface area contributed by atoms with Crippen LogP contribution in [0, 0.1) is 0 Å². The predicted octanol–water partition coefficient (Wildman–Crippen LogP) is 0.526. The van der Waals surface area contributed by atoms with Gasteiger partial charge in [0.2, 0.25) is 0 Å². The highest BCUT2D eigenvalue weighted by Gasteiger charge is 2.14. The topological polar surface area (TPSA) is 83.7 Å². The zero-order valence-electron chi connectivity index (χ0n) is 9.51. The lowest BCUT2D eigenvalue weighted by molar-refractivity contribution is 0.630. The van der Waals surface area contributed by atoms with Crippen molar-refractivity contribution in [2.75, 3.05) is 18.5 Å². The summed E-state index contributed by atoms with van der Waals surface area (Å²) in [7, 11) is 2.00. The average molecular weight is 220 g/mol. The Labute approximate surface area is 93.9 Å². The Morgan fingerprint density at radius 1 is 1.44 bits per heavy atom. The average Bonchev–Trinajstić information content (AvgIpc) is 2.76. The summed E-state index contributed by atoms with van der Waals surface area (Å²) in [6.45, 7) is 2.79. The van der Waals surface area contributed by atoms with Gasteiger partial charge in [-0.15, -0.1) is 0 Å². The number of nitrogens with one attached hydrogen (secondary N) is 1. The van der Waals surface area contributed by atoms with Gasteiger partial charge in [0.05, 0.1) is 6.33 Å². The molecule has 2 aromatic rings. The fourth-order valence-electron chi connectivity index (χ4n) is 1.66. The summed E-state index contributed by atoms with van der Waals surface area (Å²) in [5.41, 5.74) is 7.12. The lowest BCUT2D eigenvalue weighted by atomic mass is 10.2. The Kier molecular flexibility index (Phi) is 3.00.